The van der Waals surface area contributed by atoms with Gasteiger partial charge in [0.2, 0.25) is 5.91 Å². The number of hydrogen-bond donors (Lipinski definition) is 1. The number of hydrogen-bond acceptors (Lipinski definition) is 6. The Hall–Kier alpha value is -2.96. The fourth-order valence-electron chi connectivity index (χ4n) is 4.86. The van der Waals surface area contributed by atoms with Crippen LogP contribution in [0.15, 0.2) is 34.9 Å². The molecule has 31 heavy (non-hydrogen) atoms. The molecule has 0 unspecified atom stereocenters. The van der Waals surface area contributed by atoms with Crippen molar-refractivity contribution in [2.24, 2.45) is 5.41 Å². The van der Waals surface area contributed by atoms with Gasteiger partial charge in [0.05, 0.1) is 11.3 Å². The standard InChI is InChI=1S/C24H27N5O2/c1-15(22(30)29-12-10-24(8-9-24)11-13-29)26-23-28-27-21(31-23)19-14-25-20(16-6-7-16)18-5-3-2-4-17(18)19/h2-5,14-16H,6-13H2,1H3,(H,26,28)/t15-/m0/s1. The number of nitrogens with zero attached hydrogens (tertiary/aromatic N) is 4. The molecular formula is C24H27N5O2. The lowest BCUT2D eigenvalue weighted by Crippen LogP contribution is -2.45. The van der Waals surface area contributed by atoms with Crippen LogP contribution in [-0.4, -0.2) is 45.1 Å². The molecule has 3 fully saturated rings. The zero-order valence-electron chi connectivity index (χ0n) is 17.8. The molecule has 1 aliphatic heterocycles. The Balaban J connectivity index is 1.19. The molecule has 1 atom stereocenters. The molecule has 160 valence electrons. The SMILES string of the molecule is C[C@H](Nc1nnc(-c2cnc(C3CC3)c3ccccc23)o1)C(=O)N1CCC2(CC1)CC2. The van der Waals surface area contributed by atoms with E-state index in [1.54, 1.807) is 0 Å². The molecule has 7 nitrogen and oxygen atoms in total. The van der Waals surface area contributed by atoms with Gasteiger partial charge in [-0.2, -0.15) is 0 Å². The highest BCUT2D eigenvalue weighted by Gasteiger charge is 2.45. The van der Waals surface area contributed by atoms with Crippen molar-refractivity contribution in [1.29, 1.82) is 0 Å². The average molecular weight is 418 g/mol. The highest BCUT2D eigenvalue weighted by molar-refractivity contribution is 5.96. The van der Waals surface area contributed by atoms with Gasteiger partial charge >= 0.3 is 6.01 Å². The highest BCUT2D eigenvalue weighted by atomic mass is 16.4. The first-order valence-electron chi connectivity index (χ1n) is 11.4. The molecule has 7 heteroatoms. The van der Waals surface area contributed by atoms with Crippen LogP contribution in [-0.2, 0) is 4.79 Å². The van der Waals surface area contributed by atoms with E-state index in [0.29, 0.717) is 17.2 Å². The molecule has 0 bridgehead atoms. The predicted molar refractivity (Wildman–Crippen MR) is 118 cm³/mol. The van der Waals surface area contributed by atoms with Crippen molar-refractivity contribution in [2.45, 2.75) is 57.4 Å². The van der Waals surface area contributed by atoms with Crippen molar-refractivity contribution in [3.8, 4) is 11.5 Å². The highest BCUT2D eigenvalue weighted by Crippen LogP contribution is 2.53. The van der Waals surface area contributed by atoms with Gasteiger partial charge in [0, 0.05) is 30.6 Å². The first kappa shape index (κ1) is 18.8. The van der Waals surface area contributed by atoms with Crippen molar-refractivity contribution in [3.05, 3.63) is 36.2 Å². The van der Waals surface area contributed by atoms with Gasteiger partial charge in [-0.15, -0.1) is 5.10 Å². The summed E-state index contributed by atoms with van der Waals surface area (Å²) in [7, 11) is 0. The van der Waals surface area contributed by atoms with E-state index >= 15 is 0 Å². The maximum atomic E-state index is 12.9. The second-order valence-electron chi connectivity index (χ2n) is 9.48. The van der Waals surface area contributed by atoms with Gasteiger partial charge in [-0.3, -0.25) is 9.78 Å². The first-order chi connectivity index (χ1) is 15.1. The molecule has 1 N–H and O–H groups in total. The van der Waals surface area contributed by atoms with Crippen molar-refractivity contribution in [3.63, 3.8) is 0 Å². The van der Waals surface area contributed by atoms with Gasteiger partial charge < -0.3 is 14.6 Å². The zero-order chi connectivity index (χ0) is 21.0. The van der Waals surface area contributed by atoms with E-state index < -0.39 is 6.04 Å². The van der Waals surface area contributed by atoms with E-state index in [4.69, 9.17) is 9.40 Å². The van der Waals surface area contributed by atoms with Gasteiger partial charge in [-0.25, -0.2) is 0 Å². The summed E-state index contributed by atoms with van der Waals surface area (Å²) in [6.45, 7) is 3.56. The summed E-state index contributed by atoms with van der Waals surface area (Å²) < 4.78 is 5.90. The Kier molecular flexibility index (Phi) is 4.26. The topological polar surface area (TPSA) is 84.1 Å². The lowest BCUT2D eigenvalue weighted by Gasteiger charge is -2.33. The van der Waals surface area contributed by atoms with E-state index in [9.17, 15) is 4.79 Å². The normalized spacial score (nSPS) is 20.7. The maximum absolute atomic E-state index is 12.9. The molecule has 1 spiro atoms. The third-order valence-electron chi connectivity index (χ3n) is 7.25. The van der Waals surface area contributed by atoms with Crippen LogP contribution in [0.5, 0.6) is 0 Å². The van der Waals surface area contributed by atoms with Crippen molar-refractivity contribution < 1.29 is 9.21 Å². The van der Waals surface area contributed by atoms with Gasteiger partial charge in [0.15, 0.2) is 0 Å². The molecule has 2 aliphatic carbocycles. The Bertz CT molecular complexity index is 1140. The lowest BCUT2D eigenvalue weighted by molar-refractivity contribution is -0.133. The molecule has 0 radical (unpaired) electrons. The number of anilines is 1. The van der Waals surface area contributed by atoms with Crippen molar-refractivity contribution >= 4 is 22.7 Å². The van der Waals surface area contributed by atoms with Gasteiger partial charge in [-0.05, 0) is 56.2 Å². The quantitative estimate of drug-likeness (QED) is 0.664. The third-order valence-corrected chi connectivity index (χ3v) is 7.25. The van der Waals surface area contributed by atoms with Gasteiger partial charge in [0.1, 0.15) is 6.04 Å². The van der Waals surface area contributed by atoms with E-state index in [1.807, 2.05) is 30.2 Å². The number of rotatable bonds is 5. The summed E-state index contributed by atoms with van der Waals surface area (Å²) in [5, 5.41) is 13.7. The summed E-state index contributed by atoms with van der Waals surface area (Å²) in [6, 6.07) is 8.10. The minimum atomic E-state index is -0.409. The molecule has 1 amide bonds. The van der Waals surface area contributed by atoms with Crippen LogP contribution in [0, 0.1) is 5.41 Å². The number of fused-ring (bicyclic) bond motifs is 1. The second-order valence-corrected chi connectivity index (χ2v) is 9.48. The predicted octanol–water partition coefficient (Wildman–Crippen LogP) is 4.37. The van der Waals surface area contributed by atoms with Crippen LogP contribution in [0.1, 0.15) is 57.1 Å². The van der Waals surface area contributed by atoms with Crippen LogP contribution < -0.4 is 5.32 Å². The fraction of sp³-hybridized carbons (Fsp3) is 0.500. The number of nitrogens with one attached hydrogen (secondary N) is 1. The molecular weight excluding hydrogens is 390 g/mol. The van der Waals surface area contributed by atoms with Crippen LogP contribution in [0.25, 0.3) is 22.2 Å². The van der Waals surface area contributed by atoms with Gasteiger partial charge in [0.25, 0.3) is 5.89 Å². The monoisotopic (exact) mass is 417 g/mol. The summed E-state index contributed by atoms with van der Waals surface area (Å²) in [5.41, 5.74) is 2.54. The molecule has 2 aromatic heterocycles. The summed E-state index contributed by atoms with van der Waals surface area (Å²) in [6.07, 6.45) is 9.17. The number of aromatic nitrogens is 3. The molecule has 1 saturated heterocycles. The molecule has 3 aromatic rings. The largest absolute Gasteiger partial charge is 0.403 e. The number of likely N-dealkylation sites (tertiary alicyclic amines) is 1. The number of pyridine rings is 1. The smallest absolute Gasteiger partial charge is 0.316 e. The zero-order valence-corrected chi connectivity index (χ0v) is 17.8. The number of amides is 1. The van der Waals surface area contributed by atoms with Crippen LogP contribution in [0.4, 0.5) is 6.01 Å². The van der Waals surface area contributed by atoms with Gasteiger partial charge in [-0.1, -0.05) is 29.4 Å². The number of benzene rings is 1. The number of piperidine rings is 1. The second kappa shape index (κ2) is 7.04. The Morgan fingerprint density at radius 1 is 1.13 bits per heavy atom. The fourth-order valence-corrected chi connectivity index (χ4v) is 4.86. The van der Waals surface area contributed by atoms with E-state index in [2.05, 4.69) is 27.6 Å². The molecule has 2 saturated carbocycles. The minimum Gasteiger partial charge on any atom is -0.403 e. The van der Waals surface area contributed by atoms with Crippen molar-refractivity contribution in [2.75, 3.05) is 18.4 Å². The minimum absolute atomic E-state index is 0.0937. The lowest BCUT2D eigenvalue weighted by atomic mass is 9.93. The Morgan fingerprint density at radius 2 is 1.87 bits per heavy atom. The Labute approximate surface area is 181 Å². The molecule has 3 aliphatic rings. The molecule has 6 rings (SSSR count). The van der Waals surface area contributed by atoms with Crippen LogP contribution >= 0.6 is 0 Å². The molecule has 3 heterocycles. The van der Waals surface area contributed by atoms with E-state index in [0.717, 1.165) is 48.0 Å². The third kappa shape index (κ3) is 3.46. The Morgan fingerprint density at radius 3 is 2.58 bits per heavy atom. The van der Waals surface area contributed by atoms with E-state index in [1.165, 1.54) is 25.7 Å². The van der Waals surface area contributed by atoms with Crippen LogP contribution in [0.2, 0.25) is 0 Å². The van der Waals surface area contributed by atoms with Crippen LogP contribution in [0.3, 0.4) is 0 Å². The average Bonchev–Trinajstić information content (AvgIpc) is 3.73. The first-order valence-corrected chi connectivity index (χ1v) is 11.4. The maximum Gasteiger partial charge on any atom is 0.316 e. The summed E-state index contributed by atoms with van der Waals surface area (Å²) >= 11 is 0. The molecule has 1 aromatic carbocycles. The van der Waals surface area contributed by atoms with E-state index in [-0.39, 0.29) is 11.9 Å². The number of carbonyl (C=O) groups is 1. The van der Waals surface area contributed by atoms with Crippen molar-refractivity contribution in [1.82, 2.24) is 20.1 Å². The summed E-state index contributed by atoms with van der Waals surface area (Å²) in [4.78, 5) is 19.5. The number of carbonyl (C=O) groups excluding carboxylic acids is 1. The summed E-state index contributed by atoms with van der Waals surface area (Å²) in [5.74, 6) is 1.08.